The number of hydrogen-bond donors (Lipinski definition) is 2. The molecule has 0 aliphatic carbocycles. The zero-order valence-electron chi connectivity index (χ0n) is 14.5. The maximum absolute atomic E-state index is 12.6. The second-order valence-electron chi connectivity index (χ2n) is 6.13. The van der Waals surface area contributed by atoms with Crippen LogP contribution < -0.4 is 10.1 Å². The van der Waals surface area contributed by atoms with Gasteiger partial charge in [-0.05, 0) is 31.5 Å². The van der Waals surface area contributed by atoms with E-state index in [9.17, 15) is 9.90 Å². The quantitative estimate of drug-likeness (QED) is 0.852. The molecule has 134 valence electrons. The maximum Gasteiger partial charge on any atom is 0.322 e. The standard InChI is InChI=1S/C17H26ClN3O3/c1-4-14-11-21(8-7-20(14)10-12(2)22)17(23)19-15-9-13(18)5-6-16(15)24-3/h5-6,9,12,14,22H,4,7-8,10-11H2,1-3H3,(H,19,23)/t12-,14+/m0/s1. The van der Waals surface area contributed by atoms with Crippen molar-refractivity contribution in [2.24, 2.45) is 0 Å². The smallest absolute Gasteiger partial charge is 0.322 e. The van der Waals surface area contributed by atoms with E-state index in [4.69, 9.17) is 16.3 Å². The lowest BCUT2D eigenvalue weighted by Crippen LogP contribution is -2.56. The molecular weight excluding hydrogens is 330 g/mol. The van der Waals surface area contributed by atoms with Crippen LogP contribution in [0, 0.1) is 0 Å². The minimum absolute atomic E-state index is 0.161. The molecule has 1 aromatic rings. The molecule has 1 aliphatic rings. The number of nitrogens with one attached hydrogen (secondary N) is 1. The summed E-state index contributed by atoms with van der Waals surface area (Å²) in [7, 11) is 1.56. The monoisotopic (exact) mass is 355 g/mol. The zero-order valence-corrected chi connectivity index (χ0v) is 15.2. The number of carbonyl (C=O) groups excluding carboxylic acids is 1. The summed E-state index contributed by atoms with van der Waals surface area (Å²) in [5, 5.41) is 13.0. The van der Waals surface area contributed by atoms with Gasteiger partial charge in [0.2, 0.25) is 0 Å². The average molecular weight is 356 g/mol. The molecule has 0 aromatic heterocycles. The van der Waals surface area contributed by atoms with Crippen molar-refractivity contribution in [3.05, 3.63) is 23.2 Å². The lowest BCUT2D eigenvalue weighted by atomic mass is 10.1. The summed E-state index contributed by atoms with van der Waals surface area (Å²) in [5.41, 5.74) is 0.564. The molecule has 2 N–H and O–H groups in total. The Bertz CT molecular complexity index is 568. The molecule has 2 atom stereocenters. The largest absolute Gasteiger partial charge is 0.495 e. The van der Waals surface area contributed by atoms with E-state index in [-0.39, 0.29) is 18.2 Å². The summed E-state index contributed by atoms with van der Waals surface area (Å²) < 4.78 is 5.26. The van der Waals surface area contributed by atoms with Crippen LogP contribution in [-0.2, 0) is 0 Å². The fraction of sp³-hybridized carbons (Fsp3) is 0.588. The molecule has 1 saturated heterocycles. The van der Waals surface area contributed by atoms with Crippen LogP contribution in [0.4, 0.5) is 10.5 Å². The van der Waals surface area contributed by atoms with Gasteiger partial charge in [0.15, 0.2) is 0 Å². The van der Waals surface area contributed by atoms with Crippen LogP contribution in [0.5, 0.6) is 5.75 Å². The molecule has 0 bridgehead atoms. The third-order valence-corrected chi connectivity index (χ3v) is 4.50. The normalized spacial score (nSPS) is 19.9. The lowest BCUT2D eigenvalue weighted by Gasteiger charge is -2.41. The molecule has 0 spiro atoms. The fourth-order valence-corrected chi connectivity index (χ4v) is 3.19. The molecule has 1 fully saturated rings. The number of hydrogen-bond acceptors (Lipinski definition) is 4. The third-order valence-electron chi connectivity index (χ3n) is 4.26. The van der Waals surface area contributed by atoms with Gasteiger partial charge in [-0.2, -0.15) is 0 Å². The van der Waals surface area contributed by atoms with Gasteiger partial charge >= 0.3 is 6.03 Å². The first-order valence-corrected chi connectivity index (χ1v) is 8.64. The van der Waals surface area contributed by atoms with Crippen molar-refractivity contribution in [3.63, 3.8) is 0 Å². The predicted molar refractivity (Wildman–Crippen MR) is 95.9 cm³/mol. The summed E-state index contributed by atoms with van der Waals surface area (Å²) in [6.45, 7) is 6.54. The van der Waals surface area contributed by atoms with Crippen molar-refractivity contribution in [1.82, 2.24) is 9.80 Å². The maximum atomic E-state index is 12.6. The Labute approximate surface area is 148 Å². The number of β-amino-alcohol motifs (C(OH)–C–C–N with tert-alkyl or cyclic N) is 1. The zero-order chi connectivity index (χ0) is 17.7. The molecule has 7 heteroatoms. The molecule has 6 nitrogen and oxygen atoms in total. The van der Waals surface area contributed by atoms with Crippen LogP contribution in [0.1, 0.15) is 20.3 Å². The van der Waals surface area contributed by atoms with E-state index in [1.165, 1.54) is 0 Å². The summed E-state index contributed by atoms with van der Waals surface area (Å²) in [6, 6.07) is 5.22. The molecule has 24 heavy (non-hydrogen) atoms. The Morgan fingerprint density at radius 1 is 1.50 bits per heavy atom. The summed E-state index contributed by atoms with van der Waals surface area (Å²) in [4.78, 5) is 16.6. The number of ether oxygens (including phenoxy) is 1. The van der Waals surface area contributed by atoms with Gasteiger partial charge in [-0.25, -0.2) is 4.79 Å². The molecule has 0 saturated carbocycles. The second-order valence-corrected chi connectivity index (χ2v) is 6.56. The number of methoxy groups -OCH3 is 1. The SMILES string of the molecule is CC[C@@H]1CN(C(=O)Nc2cc(Cl)ccc2OC)CCN1C[C@H](C)O. The van der Waals surface area contributed by atoms with E-state index in [1.54, 1.807) is 37.1 Å². The van der Waals surface area contributed by atoms with Crippen LogP contribution in [0.2, 0.25) is 5.02 Å². The van der Waals surface area contributed by atoms with Gasteiger partial charge in [0.1, 0.15) is 5.75 Å². The van der Waals surface area contributed by atoms with E-state index in [1.807, 2.05) is 0 Å². The number of benzene rings is 1. The summed E-state index contributed by atoms with van der Waals surface area (Å²) in [6.07, 6.45) is 0.562. The number of piperazine rings is 1. The van der Waals surface area contributed by atoms with Gasteiger partial charge in [0.25, 0.3) is 0 Å². The van der Waals surface area contributed by atoms with Crippen molar-refractivity contribution in [1.29, 1.82) is 0 Å². The van der Waals surface area contributed by atoms with Gasteiger partial charge < -0.3 is 20.1 Å². The molecule has 1 heterocycles. The van der Waals surface area contributed by atoms with E-state index >= 15 is 0 Å². The van der Waals surface area contributed by atoms with E-state index in [2.05, 4.69) is 17.1 Å². The Morgan fingerprint density at radius 2 is 2.25 bits per heavy atom. The van der Waals surface area contributed by atoms with Crippen LogP contribution in [0.25, 0.3) is 0 Å². The Kier molecular flexibility index (Phi) is 6.71. The molecular formula is C17H26ClN3O3. The van der Waals surface area contributed by atoms with E-state index in [0.717, 1.165) is 13.0 Å². The number of urea groups is 1. The van der Waals surface area contributed by atoms with Crippen molar-refractivity contribution >= 4 is 23.3 Å². The molecule has 0 radical (unpaired) electrons. The first-order valence-electron chi connectivity index (χ1n) is 8.26. The molecule has 2 rings (SSSR count). The highest BCUT2D eigenvalue weighted by molar-refractivity contribution is 6.31. The first-order chi connectivity index (χ1) is 11.4. The number of carbonyl (C=O) groups is 1. The van der Waals surface area contributed by atoms with Crippen LogP contribution in [0.15, 0.2) is 18.2 Å². The van der Waals surface area contributed by atoms with Gasteiger partial charge in [-0.3, -0.25) is 4.90 Å². The Morgan fingerprint density at radius 3 is 2.88 bits per heavy atom. The summed E-state index contributed by atoms with van der Waals surface area (Å²) >= 11 is 6.01. The Hall–Kier alpha value is -1.50. The van der Waals surface area contributed by atoms with Gasteiger partial charge in [0, 0.05) is 37.2 Å². The van der Waals surface area contributed by atoms with Crippen molar-refractivity contribution < 1.29 is 14.6 Å². The molecule has 0 unspecified atom stereocenters. The number of aliphatic hydroxyl groups excluding tert-OH is 1. The first kappa shape index (κ1) is 18.8. The highest BCUT2D eigenvalue weighted by Gasteiger charge is 2.29. The van der Waals surface area contributed by atoms with Crippen molar-refractivity contribution in [3.8, 4) is 5.75 Å². The van der Waals surface area contributed by atoms with Crippen molar-refractivity contribution in [2.45, 2.75) is 32.4 Å². The second kappa shape index (κ2) is 8.55. The molecule has 1 aliphatic heterocycles. The fourth-order valence-electron chi connectivity index (χ4n) is 3.02. The minimum atomic E-state index is -0.366. The topological polar surface area (TPSA) is 65.0 Å². The lowest BCUT2D eigenvalue weighted by molar-refractivity contribution is 0.0506. The molecule has 2 amide bonds. The predicted octanol–water partition coefficient (Wildman–Crippen LogP) is 2.66. The van der Waals surface area contributed by atoms with Crippen LogP contribution in [0.3, 0.4) is 0 Å². The highest BCUT2D eigenvalue weighted by atomic mass is 35.5. The Balaban J connectivity index is 2.02. The van der Waals surface area contributed by atoms with E-state index < -0.39 is 0 Å². The van der Waals surface area contributed by atoms with E-state index in [0.29, 0.717) is 36.1 Å². The number of rotatable bonds is 5. The van der Waals surface area contributed by atoms with Gasteiger partial charge in [-0.15, -0.1) is 0 Å². The van der Waals surface area contributed by atoms with Gasteiger partial charge in [0.05, 0.1) is 18.9 Å². The van der Waals surface area contributed by atoms with Gasteiger partial charge in [-0.1, -0.05) is 18.5 Å². The average Bonchev–Trinajstić information content (AvgIpc) is 2.54. The number of nitrogens with zero attached hydrogens (tertiary/aromatic N) is 2. The number of aliphatic hydroxyl groups is 1. The minimum Gasteiger partial charge on any atom is -0.495 e. The van der Waals surface area contributed by atoms with Crippen LogP contribution >= 0.6 is 11.6 Å². The number of anilines is 1. The van der Waals surface area contributed by atoms with Crippen molar-refractivity contribution in [2.75, 3.05) is 38.6 Å². The summed E-state index contributed by atoms with van der Waals surface area (Å²) in [5.74, 6) is 0.576. The highest BCUT2D eigenvalue weighted by Crippen LogP contribution is 2.28. The molecule has 1 aromatic carbocycles. The number of amides is 2. The number of halogens is 1. The van der Waals surface area contributed by atoms with Crippen LogP contribution in [-0.4, -0.2) is 66.4 Å². The third kappa shape index (κ3) is 4.75.